The molecule has 1 unspecified atom stereocenters. The molecule has 21 heavy (non-hydrogen) atoms. The molecule has 2 aromatic rings. The van der Waals surface area contributed by atoms with Crippen LogP contribution in [0.4, 0.5) is 5.69 Å². The fourth-order valence-corrected chi connectivity index (χ4v) is 2.32. The molecule has 2 N–H and O–H groups in total. The van der Waals surface area contributed by atoms with Gasteiger partial charge in [0.15, 0.2) is 0 Å². The SMILES string of the molecule is CCC(Nc1cc(C(=O)O)ccc1C)c1ccc(C)cc1. The van der Waals surface area contributed by atoms with Crippen LogP contribution in [0.3, 0.4) is 0 Å². The largest absolute Gasteiger partial charge is 0.478 e. The van der Waals surface area contributed by atoms with Gasteiger partial charge in [0, 0.05) is 5.69 Å². The van der Waals surface area contributed by atoms with E-state index in [9.17, 15) is 4.79 Å². The molecule has 3 heteroatoms. The molecule has 0 bridgehead atoms. The second-order valence-corrected chi connectivity index (χ2v) is 5.35. The van der Waals surface area contributed by atoms with E-state index in [4.69, 9.17) is 5.11 Å². The number of anilines is 1. The van der Waals surface area contributed by atoms with E-state index in [1.54, 1.807) is 12.1 Å². The predicted octanol–water partition coefficient (Wildman–Crippen LogP) is 4.56. The lowest BCUT2D eigenvalue weighted by Crippen LogP contribution is -2.11. The maximum Gasteiger partial charge on any atom is 0.335 e. The van der Waals surface area contributed by atoms with Gasteiger partial charge < -0.3 is 10.4 Å². The van der Waals surface area contributed by atoms with E-state index in [-0.39, 0.29) is 6.04 Å². The summed E-state index contributed by atoms with van der Waals surface area (Å²) in [6.07, 6.45) is 0.930. The molecule has 0 spiro atoms. The Morgan fingerprint density at radius 3 is 2.38 bits per heavy atom. The van der Waals surface area contributed by atoms with Crippen molar-refractivity contribution in [3.05, 3.63) is 64.7 Å². The van der Waals surface area contributed by atoms with Crippen LogP contribution >= 0.6 is 0 Å². The van der Waals surface area contributed by atoms with E-state index in [1.165, 1.54) is 11.1 Å². The molecule has 0 heterocycles. The number of hydrogen-bond acceptors (Lipinski definition) is 2. The van der Waals surface area contributed by atoms with Gasteiger partial charge in [0.25, 0.3) is 0 Å². The average molecular weight is 283 g/mol. The first-order valence-corrected chi connectivity index (χ1v) is 7.18. The van der Waals surface area contributed by atoms with Gasteiger partial charge in [0.1, 0.15) is 0 Å². The molecule has 0 radical (unpaired) electrons. The van der Waals surface area contributed by atoms with Crippen LogP contribution in [-0.4, -0.2) is 11.1 Å². The van der Waals surface area contributed by atoms with Crippen molar-refractivity contribution < 1.29 is 9.90 Å². The lowest BCUT2D eigenvalue weighted by Gasteiger charge is -2.21. The van der Waals surface area contributed by atoms with Gasteiger partial charge in [-0.15, -0.1) is 0 Å². The third-order valence-electron chi connectivity index (χ3n) is 3.70. The van der Waals surface area contributed by atoms with Crippen LogP contribution in [0, 0.1) is 13.8 Å². The highest BCUT2D eigenvalue weighted by Gasteiger charge is 2.12. The van der Waals surface area contributed by atoms with Crippen molar-refractivity contribution in [2.45, 2.75) is 33.2 Å². The molecule has 0 amide bonds. The minimum absolute atomic E-state index is 0.174. The lowest BCUT2D eigenvalue weighted by atomic mass is 10.0. The van der Waals surface area contributed by atoms with Gasteiger partial charge in [-0.1, -0.05) is 42.8 Å². The van der Waals surface area contributed by atoms with Crippen molar-refractivity contribution in [1.29, 1.82) is 0 Å². The van der Waals surface area contributed by atoms with Gasteiger partial charge in [-0.2, -0.15) is 0 Å². The first kappa shape index (κ1) is 15.1. The maximum absolute atomic E-state index is 11.1. The van der Waals surface area contributed by atoms with Crippen molar-refractivity contribution >= 4 is 11.7 Å². The molecule has 110 valence electrons. The zero-order chi connectivity index (χ0) is 15.4. The first-order chi connectivity index (χ1) is 10.0. The number of benzene rings is 2. The molecule has 0 saturated carbocycles. The van der Waals surface area contributed by atoms with Gasteiger partial charge >= 0.3 is 5.97 Å². The summed E-state index contributed by atoms with van der Waals surface area (Å²) in [6.45, 7) is 6.17. The van der Waals surface area contributed by atoms with E-state index >= 15 is 0 Å². The van der Waals surface area contributed by atoms with Crippen molar-refractivity contribution in [2.24, 2.45) is 0 Å². The van der Waals surface area contributed by atoms with Crippen LogP contribution in [0.1, 0.15) is 46.4 Å². The molecule has 0 aliphatic carbocycles. The van der Waals surface area contributed by atoms with Crippen LogP contribution < -0.4 is 5.32 Å². The third kappa shape index (κ3) is 3.63. The Kier molecular flexibility index (Phi) is 4.63. The summed E-state index contributed by atoms with van der Waals surface area (Å²) >= 11 is 0. The molecule has 2 rings (SSSR count). The Morgan fingerprint density at radius 2 is 1.81 bits per heavy atom. The molecular formula is C18H21NO2. The Bertz CT molecular complexity index is 632. The molecule has 2 aromatic carbocycles. The number of hydrogen-bond donors (Lipinski definition) is 2. The smallest absolute Gasteiger partial charge is 0.335 e. The van der Waals surface area contributed by atoms with Crippen molar-refractivity contribution in [3.8, 4) is 0 Å². The zero-order valence-corrected chi connectivity index (χ0v) is 12.7. The maximum atomic E-state index is 11.1. The van der Waals surface area contributed by atoms with Crippen molar-refractivity contribution in [3.63, 3.8) is 0 Å². The number of nitrogens with one attached hydrogen (secondary N) is 1. The fraction of sp³-hybridized carbons (Fsp3) is 0.278. The molecule has 0 aliphatic heterocycles. The molecular weight excluding hydrogens is 262 g/mol. The van der Waals surface area contributed by atoms with E-state index in [0.717, 1.165) is 17.7 Å². The zero-order valence-electron chi connectivity index (χ0n) is 12.7. The average Bonchev–Trinajstić information content (AvgIpc) is 2.47. The quantitative estimate of drug-likeness (QED) is 0.845. The second kappa shape index (κ2) is 6.44. The van der Waals surface area contributed by atoms with E-state index in [1.807, 2.05) is 13.0 Å². The standard InChI is InChI=1S/C18H21NO2/c1-4-16(14-8-5-12(2)6-9-14)19-17-11-15(18(20)21)10-7-13(17)3/h5-11,16,19H,4H2,1-3H3,(H,20,21). The topological polar surface area (TPSA) is 49.3 Å². The first-order valence-electron chi connectivity index (χ1n) is 7.18. The molecule has 1 atom stereocenters. The van der Waals surface area contributed by atoms with E-state index < -0.39 is 5.97 Å². The Labute approximate surface area is 125 Å². The molecule has 0 aliphatic rings. The molecule has 0 aromatic heterocycles. The van der Waals surface area contributed by atoms with Gasteiger partial charge in [-0.3, -0.25) is 0 Å². The lowest BCUT2D eigenvalue weighted by molar-refractivity contribution is 0.0697. The summed E-state index contributed by atoms with van der Waals surface area (Å²) < 4.78 is 0. The molecule has 0 saturated heterocycles. The van der Waals surface area contributed by atoms with E-state index in [2.05, 4.69) is 43.4 Å². The van der Waals surface area contributed by atoms with Crippen LogP contribution in [0.25, 0.3) is 0 Å². The Balaban J connectivity index is 2.28. The summed E-state index contributed by atoms with van der Waals surface area (Å²) in [5, 5.41) is 12.6. The minimum Gasteiger partial charge on any atom is -0.478 e. The highest BCUT2D eigenvalue weighted by atomic mass is 16.4. The minimum atomic E-state index is -0.901. The molecule has 3 nitrogen and oxygen atoms in total. The summed E-state index contributed by atoms with van der Waals surface area (Å²) in [5.74, 6) is -0.901. The summed E-state index contributed by atoms with van der Waals surface area (Å²) in [7, 11) is 0. The van der Waals surface area contributed by atoms with Crippen molar-refractivity contribution in [1.82, 2.24) is 0 Å². The summed E-state index contributed by atoms with van der Waals surface area (Å²) in [6, 6.07) is 13.8. The number of carboxylic acids is 1. The van der Waals surface area contributed by atoms with Gasteiger partial charge in [-0.05, 0) is 43.5 Å². The highest BCUT2D eigenvalue weighted by molar-refractivity contribution is 5.89. The van der Waals surface area contributed by atoms with Crippen molar-refractivity contribution in [2.75, 3.05) is 5.32 Å². The van der Waals surface area contributed by atoms with Gasteiger partial charge in [0.2, 0.25) is 0 Å². The predicted molar refractivity (Wildman–Crippen MR) is 86.0 cm³/mol. The van der Waals surface area contributed by atoms with Gasteiger partial charge in [-0.25, -0.2) is 4.79 Å². The highest BCUT2D eigenvalue weighted by Crippen LogP contribution is 2.26. The van der Waals surface area contributed by atoms with Crippen LogP contribution in [-0.2, 0) is 0 Å². The number of carboxylic acid groups (broad SMARTS) is 1. The Morgan fingerprint density at radius 1 is 1.14 bits per heavy atom. The third-order valence-corrected chi connectivity index (χ3v) is 3.70. The molecule has 0 fully saturated rings. The monoisotopic (exact) mass is 283 g/mol. The van der Waals surface area contributed by atoms with Gasteiger partial charge in [0.05, 0.1) is 11.6 Å². The van der Waals surface area contributed by atoms with E-state index in [0.29, 0.717) is 5.56 Å². The number of aryl methyl sites for hydroxylation is 2. The normalized spacial score (nSPS) is 12.0. The second-order valence-electron chi connectivity index (χ2n) is 5.35. The number of carbonyl (C=O) groups is 1. The number of aromatic carboxylic acids is 1. The summed E-state index contributed by atoms with van der Waals surface area (Å²) in [4.78, 5) is 11.1. The summed E-state index contributed by atoms with van der Waals surface area (Å²) in [5.41, 5.74) is 4.68. The van der Waals surface area contributed by atoms with Crippen LogP contribution in [0.2, 0.25) is 0 Å². The fourth-order valence-electron chi connectivity index (χ4n) is 2.32. The number of rotatable bonds is 5. The van der Waals surface area contributed by atoms with Crippen LogP contribution in [0.15, 0.2) is 42.5 Å². The Hall–Kier alpha value is -2.29. The van der Waals surface area contributed by atoms with Crippen LogP contribution in [0.5, 0.6) is 0 Å².